The van der Waals surface area contributed by atoms with Crippen LogP contribution in [0.3, 0.4) is 0 Å². The Labute approximate surface area is 174 Å². The molecule has 0 saturated carbocycles. The van der Waals surface area contributed by atoms with Gasteiger partial charge in [0.05, 0.1) is 5.56 Å². The molecular weight excluding hydrogens is 402 g/mol. The Bertz CT molecular complexity index is 1180. The van der Waals surface area contributed by atoms with E-state index in [4.69, 9.17) is 4.74 Å². The predicted molar refractivity (Wildman–Crippen MR) is 110 cm³/mol. The van der Waals surface area contributed by atoms with E-state index in [1.165, 1.54) is 12.1 Å². The number of fused-ring (bicyclic) bond motifs is 1. The van der Waals surface area contributed by atoms with Gasteiger partial charge in [0, 0.05) is 6.42 Å². The van der Waals surface area contributed by atoms with E-state index in [1.807, 2.05) is 24.3 Å². The standard InChI is InChI=1S/C23H19NO5S/c25-22-19-13-7-8-14-21(19)30(27,28)24(22)20(15-17-9-3-1-4-10-17)23(26)29-16-18-11-5-2-6-12-18/h1-14,20H,15-16H2/t20-/m0/s1. The molecule has 0 bridgehead atoms. The summed E-state index contributed by atoms with van der Waals surface area (Å²) >= 11 is 0. The summed E-state index contributed by atoms with van der Waals surface area (Å²) in [7, 11) is -4.16. The Morgan fingerprint density at radius 3 is 2.03 bits per heavy atom. The maximum atomic E-state index is 13.1. The number of rotatable bonds is 6. The van der Waals surface area contributed by atoms with Crippen molar-refractivity contribution in [3.63, 3.8) is 0 Å². The number of carbonyl (C=O) groups excluding carboxylic acids is 2. The summed E-state index contributed by atoms with van der Waals surface area (Å²) in [5.41, 5.74) is 1.55. The van der Waals surface area contributed by atoms with Crippen LogP contribution in [0.2, 0.25) is 0 Å². The van der Waals surface area contributed by atoms with Gasteiger partial charge >= 0.3 is 5.97 Å². The van der Waals surface area contributed by atoms with Gasteiger partial charge in [-0.05, 0) is 23.3 Å². The summed E-state index contributed by atoms with van der Waals surface area (Å²) in [6.07, 6.45) is 0.0213. The van der Waals surface area contributed by atoms with Gasteiger partial charge in [0.2, 0.25) is 0 Å². The Hall–Kier alpha value is -3.45. The van der Waals surface area contributed by atoms with Crippen molar-refractivity contribution >= 4 is 21.9 Å². The molecule has 0 aliphatic carbocycles. The molecule has 0 radical (unpaired) electrons. The molecule has 1 aliphatic rings. The predicted octanol–water partition coefficient (Wildman–Crippen LogP) is 3.19. The number of ether oxygens (including phenoxy) is 1. The lowest BCUT2D eigenvalue weighted by atomic mass is 10.1. The first-order chi connectivity index (χ1) is 14.5. The summed E-state index contributed by atoms with van der Waals surface area (Å²) in [5, 5.41) is 0. The highest BCUT2D eigenvalue weighted by Crippen LogP contribution is 2.33. The molecule has 6 nitrogen and oxygen atoms in total. The van der Waals surface area contributed by atoms with Crippen molar-refractivity contribution in [2.45, 2.75) is 24.0 Å². The smallest absolute Gasteiger partial charge is 0.330 e. The van der Waals surface area contributed by atoms with Gasteiger partial charge in [0.25, 0.3) is 15.9 Å². The molecule has 0 aromatic heterocycles. The first kappa shape index (κ1) is 19.8. The van der Waals surface area contributed by atoms with Crippen molar-refractivity contribution in [1.82, 2.24) is 4.31 Å². The Morgan fingerprint density at radius 2 is 1.40 bits per heavy atom. The maximum absolute atomic E-state index is 13.1. The second kappa shape index (κ2) is 8.12. The van der Waals surface area contributed by atoms with Gasteiger partial charge in [-0.1, -0.05) is 72.8 Å². The van der Waals surface area contributed by atoms with Crippen LogP contribution in [-0.2, 0) is 32.6 Å². The van der Waals surface area contributed by atoms with Crippen LogP contribution in [0.1, 0.15) is 21.5 Å². The third-order valence-corrected chi connectivity index (χ3v) is 6.76. The minimum Gasteiger partial charge on any atom is -0.459 e. The molecule has 0 saturated heterocycles. The van der Waals surface area contributed by atoms with Crippen molar-refractivity contribution in [3.8, 4) is 0 Å². The average molecular weight is 421 g/mol. The molecule has 1 aliphatic heterocycles. The van der Waals surface area contributed by atoms with Gasteiger partial charge < -0.3 is 4.74 Å². The van der Waals surface area contributed by atoms with E-state index in [2.05, 4.69) is 0 Å². The molecule has 3 aromatic carbocycles. The third-order valence-electron chi connectivity index (χ3n) is 4.91. The summed E-state index contributed by atoms with van der Waals surface area (Å²) in [4.78, 5) is 25.9. The molecule has 0 N–H and O–H groups in total. The number of sulfonamides is 1. The number of amides is 1. The van der Waals surface area contributed by atoms with Gasteiger partial charge in [-0.25, -0.2) is 17.5 Å². The van der Waals surface area contributed by atoms with Crippen LogP contribution >= 0.6 is 0 Å². The van der Waals surface area contributed by atoms with Gasteiger partial charge in [-0.15, -0.1) is 0 Å². The van der Waals surface area contributed by atoms with Crippen LogP contribution < -0.4 is 0 Å². The first-order valence-corrected chi connectivity index (χ1v) is 10.8. The summed E-state index contributed by atoms with van der Waals surface area (Å²) in [6, 6.07) is 22.7. The van der Waals surface area contributed by atoms with Gasteiger partial charge in [-0.2, -0.15) is 0 Å². The SMILES string of the molecule is O=C(OCc1ccccc1)[C@H](Cc1ccccc1)N1C(=O)c2ccccc2S1(=O)=O. The second-order valence-electron chi connectivity index (χ2n) is 6.90. The zero-order chi connectivity index (χ0) is 21.1. The van der Waals surface area contributed by atoms with E-state index in [-0.39, 0.29) is 23.5 Å². The third kappa shape index (κ3) is 3.71. The lowest BCUT2D eigenvalue weighted by Crippen LogP contribution is -2.46. The molecule has 3 aromatic rings. The Balaban J connectivity index is 1.67. The highest BCUT2D eigenvalue weighted by atomic mass is 32.2. The van der Waals surface area contributed by atoms with Crippen molar-refractivity contribution < 1.29 is 22.7 Å². The van der Waals surface area contributed by atoms with Gasteiger partial charge in [-0.3, -0.25) is 4.79 Å². The Kier molecular flexibility index (Phi) is 5.37. The largest absolute Gasteiger partial charge is 0.459 e. The molecular formula is C23H19NO5S. The fourth-order valence-electron chi connectivity index (χ4n) is 3.44. The summed E-state index contributed by atoms with van der Waals surface area (Å²) in [6.45, 7) is -0.0139. The number of hydrogen-bond donors (Lipinski definition) is 0. The quantitative estimate of drug-likeness (QED) is 0.571. The molecule has 0 unspecified atom stereocenters. The monoisotopic (exact) mass is 421 g/mol. The van der Waals surface area contributed by atoms with Crippen LogP contribution in [-0.4, -0.2) is 30.6 Å². The van der Waals surface area contributed by atoms with E-state index in [1.54, 1.807) is 48.5 Å². The van der Waals surface area contributed by atoms with Crippen LogP contribution in [0.25, 0.3) is 0 Å². The minimum absolute atomic E-state index is 0.0139. The molecule has 30 heavy (non-hydrogen) atoms. The van der Waals surface area contributed by atoms with Crippen molar-refractivity contribution in [3.05, 3.63) is 102 Å². The van der Waals surface area contributed by atoms with Crippen LogP contribution in [0.5, 0.6) is 0 Å². The van der Waals surface area contributed by atoms with Crippen molar-refractivity contribution in [2.24, 2.45) is 0 Å². The van der Waals surface area contributed by atoms with Gasteiger partial charge in [0.1, 0.15) is 17.5 Å². The number of hydrogen-bond acceptors (Lipinski definition) is 5. The number of esters is 1. The van der Waals surface area contributed by atoms with Crippen molar-refractivity contribution in [2.75, 3.05) is 0 Å². The van der Waals surface area contributed by atoms with E-state index in [0.29, 0.717) is 4.31 Å². The molecule has 4 rings (SSSR count). The fourth-order valence-corrected chi connectivity index (χ4v) is 5.14. The molecule has 0 spiro atoms. The molecule has 152 valence electrons. The molecule has 1 amide bonds. The van der Waals surface area contributed by atoms with E-state index < -0.39 is 27.9 Å². The average Bonchev–Trinajstić information content (AvgIpc) is 2.97. The van der Waals surface area contributed by atoms with Crippen LogP contribution in [0.15, 0.2) is 89.8 Å². The second-order valence-corrected chi connectivity index (χ2v) is 8.68. The van der Waals surface area contributed by atoms with E-state index >= 15 is 0 Å². The first-order valence-electron chi connectivity index (χ1n) is 9.41. The number of nitrogens with zero attached hydrogens (tertiary/aromatic N) is 1. The van der Waals surface area contributed by atoms with Crippen LogP contribution in [0, 0.1) is 0 Å². The lowest BCUT2D eigenvalue weighted by molar-refractivity contribution is -0.149. The van der Waals surface area contributed by atoms with Crippen LogP contribution in [0.4, 0.5) is 0 Å². The maximum Gasteiger partial charge on any atom is 0.330 e. The lowest BCUT2D eigenvalue weighted by Gasteiger charge is -2.25. The number of carbonyl (C=O) groups is 2. The topological polar surface area (TPSA) is 80.8 Å². The molecule has 1 heterocycles. The Morgan fingerprint density at radius 1 is 0.833 bits per heavy atom. The summed E-state index contributed by atoms with van der Waals surface area (Å²) in [5.74, 6) is -1.49. The van der Waals surface area contributed by atoms with E-state index in [9.17, 15) is 18.0 Å². The van der Waals surface area contributed by atoms with Crippen molar-refractivity contribution in [1.29, 1.82) is 0 Å². The molecule has 0 fully saturated rings. The highest BCUT2D eigenvalue weighted by Gasteiger charge is 2.47. The highest BCUT2D eigenvalue weighted by molar-refractivity contribution is 7.90. The fraction of sp³-hybridized carbons (Fsp3) is 0.130. The molecule has 7 heteroatoms. The normalized spacial score (nSPS) is 15.5. The zero-order valence-electron chi connectivity index (χ0n) is 16.0. The number of benzene rings is 3. The van der Waals surface area contributed by atoms with Gasteiger partial charge in [0.15, 0.2) is 0 Å². The molecule has 1 atom stereocenters. The van der Waals surface area contributed by atoms with E-state index in [0.717, 1.165) is 11.1 Å². The zero-order valence-corrected chi connectivity index (χ0v) is 16.8. The summed E-state index contributed by atoms with van der Waals surface area (Å²) < 4.78 is 32.3. The minimum atomic E-state index is -4.16.